The minimum Gasteiger partial charge on any atom is -0.350 e. The fourth-order valence-corrected chi connectivity index (χ4v) is 2.47. The summed E-state index contributed by atoms with van der Waals surface area (Å²) in [7, 11) is 0. The van der Waals surface area contributed by atoms with Crippen molar-refractivity contribution in [3.05, 3.63) is 35.1 Å². The zero-order valence-electron chi connectivity index (χ0n) is 12.7. The van der Waals surface area contributed by atoms with Gasteiger partial charge in [0, 0.05) is 38.3 Å². The van der Waals surface area contributed by atoms with Crippen molar-refractivity contribution in [2.75, 3.05) is 32.7 Å². The SMILES string of the molecule is Cc1ccc(C(=O)NCC(N2CCNCC2)C(F)(F)F)cc1F. The predicted octanol–water partition coefficient (Wildman–Crippen LogP) is 1.70. The molecule has 1 unspecified atom stereocenters. The largest absolute Gasteiger partial charge is 0.405 e. The molecule has 0 bridgehead atoms. The molecule has 0 spiro atoms. The number of hydrogen-bond acceptors (Lipinski definition) is 3. The van der Waals surface area contributed by atoms with Crippen molar-refractivity contribution in [2.24, 2.45) is 0 Å². The Morgan fingerprint density at radius 1 is 1.35 bits per heavy atom. The lowest BCUT2D eigenvalue weighted by atomic mass is 10.1. The van der Waals surface area contributed by atoms with Gasteiger partial charge in [0.25, 0.3) is 5.91 Å². The van der Waals surface area contributed by atoms with Crippen LogP contribution in [0.25, 0.3) is 0 Å². The molecule has 0 saturated carbocycles. The summed E-state index contributed by atoms with van der Waals surface area (Å²) in [5, 5.41) is 5.25. The van der Waals surface area contributed by atoms with Gasteiger partial charge in [-0.1, -0.05) is 6.07 Å². The van der Waals surface area contributed by atoms with Crippen molar-refractivity contribution in [1.82, 2.24) is 15.5 Å². The molecule has 1 atom stereocenters. The number of hydrogen-bond donors (Lipinski definition) is 2. The Morgan fingerprint density at radius 3 is 2.57 bits per heavy atom. The average Bonchev–Trinajstić information content (AvgIpc) is 2.49. The van der Waals surface area contributed by atoms with Crippen molar-refractivity contribution < 1.29 is 22.4 Å². The molecular formula is C15H19F4N3O. The molecule has 1 heterocycles. The summed E-state index contributed by atoms with van der Waals surface area (Å²) in [5.74, 6) is -1.28. The fraction of sp³-hybridized carbons (Fsp3) is 0.533. The monoisotopic (exact) mass is 333 g/mol. The van der Waals surface area contributed by atoms with Gasteiger partial charge in [-0.25, -0.2) is 4.39 Å². The van der Waals surface area contributed by atoms with Crippen LogP contribution in [0.5, 0.6) is 0 Å². The Kier molecular flexibility index (Phi) is 5.59. The highest BCUT2D eigenvalue weighted by atomic mass is 19.4. The maximum absolute atomic E-state index is 13.4. The number of amides is 1. The molecule has 0 aromatic heterocycles. The minimum atomic E-state index is -4.44. The molecular weight excluding hydrogens is 314 g/mol. The van der Waals surface area contributed by atoms with E-state index in [1.54, 1.807) is 6.92 Å². The summed E-state index contributed by atoms with van der Waals surface area (Å²) in [5.41, 5.74) is 0.380. The van der Waals surface area contributed by atoms with Crippen LogP contribution in [0.4, 0.5) is 17.6 Å². The van der Waals surface area contributed by atoms with E-state index in [1.807, 2.05) is 0 Å². The molecule has 1 aromatic rings. The van der Waals surface area contributed by atoms with E-state index in [-0.39, 0.29) is 18.7 Å². The van der Waals surface area contributed by atoms with Gasteiger partial charge >= 0.3 is 6.18 Å². The molecule has 1 aromatic carbocycles. The number of carbonyl (C=O) groups is 1. The van der Waals surface area contributed by atoms with Crippen molar-refractivity contribution in [1.29, 1.82) is 0 Å². The number of piperazine rings is 1. The zero-order chi connectivity index (χ0) is 17.0. The number of benzene rings is 1. The first-order chi connectivity index (χ1) is 10.8. The highest BCUT2D eigenvalue weighted by Crippen LogP contribution is 2.24. The van der Waals surface area contributed by atoms with Crippen LogP contribution < -0.4 is 10.6 Å². The van der Waals surface area contributed by atoms with Gasteiger partial charge in [0.2, 0.25) is 0 Å². The van der Waals surface area contributed by atoms with Crippen LogP contribution in [-0.4, -0.2) is 55.7 Å². The summed E-state index contributed by atoms with van der Waals surface area (Å²) in [4.78, 5) is 13.2. The number of nitrogens with one attached hydrogen (secondary N) is 2. The van der Waals surface area contributed by atoms with E-state index in [0.29, 0.717) is 18.7 Å². The Bertz CT molecular complexity index is 556. The van der Waals surface area contributed by atoms with Gasteiger partial charge in [0.1, 0.15) is 11.9 Å². The lowest BCUT2D eigenvalue weighted by Gasteiger charge is -2.35. The molecule has 1 aliphatic heterocycles. The molecule has 2 N–H and O–H groups in total. The third kappa shape index (κ3) is 4.65. The second kappa shape index (κ2) is 7.27. The second-order valence-corrected chi connectivity index (χ2v) is 5.52. The summed E-state index contributed by atoms with van der Waals surface area (Å²) in [6, 6.07) is 2.09. The summed E-state index contributed by atoms with van der Waals surface area (Å²) in [6.07, 6.45) is -4.44. The highest BCUT2D eigenvalue weighted by Gasteiger charge is 2.43. The molecule has 1 amide bonds. The van der Waals surface area contributed by atoms with Crippen LogP contribution in [0.1, 0.15) is 15.9 Å². The van der Waals surface area contributed by atoms with E-state index >= 15 is 0 Å². The number of aryl methyl sites for hydroxylation is 1. The number of halogens is 4. The molecule has 128 valence electrons. The van der Waals surface area contributed by atoms with Crippen LogP contribution in [0, 0.1) is 12.7 Å². The quantitative estimate of drug-likeness (QED) is 0.825. The summed E-state index contributed by atoms with van der Waals surface area (Å²) >= 11 is 0. The third-order valence-electron chi connectivity index (χ3n) is 3.86. The predicted molar refractivity (Wildman–Crippen MR) is 77.8 cm³/mol. The van der Waals surface area contributed by atoms with Gasteiger partial charge in [0.05, 0.1) is 0 Å². The lowest BCUT2D eigenvalue weighted by Crippen LogP contribution is -2.57. The van der Waals surface area contributed by atoms with E-state index in [1.165, 1.54) is 17.0 Å². The number of carbonyl (C=O) groups excluding carboxylic acids is 1. The van der Waals surface area contributed by atoms with E-state index in [2.05, 4.69) is 10.6 Å². The van der Waals surface area contributed by atoms with Crippen molar-refractivity contribution in [2.45, 2.75) is 19.1 Å². The van der Waals surface area contributed by atoms with Gasteiger partial charge in [-0.05, 0) is 24.6 Å². The Morgan fingerprint density at radius 2 is 2.00 bits per heavy atom. The molecule has 1 saturated heterocycles. The Hall–Kier alpha value is -1.67. The number of rotatable bonds is 4. The van der Waals surface area contributed by atoms with Crippen LogP contribution in [0.3, 0.4) is 0 Å². The molecule has 1 aliphatic rings. The molecule has 23 heavy (non-hydrogen) atoms. The molecule has 8 heteroatoms. The second-order valence-electron chi connectivity index (χ2n) is 5.52. The topological polar surface area (TPSA) is 44.4 Å². The van der Waals surface area contributed by atoms with E-state index < -0.39 is 30.5 Å². The first kappa shape index (κ1) is 17.7. The average molecular weight is 333 g/mol. The van der Waals surface area contributed by atoms with E-state index in [0.717, 1.165) is 6.07 Å². The van der Waals surface area contributed by atoms with Gasteiger partial charge in [-0.15, -0.1) is 0 Å². The van der Waals surface area contributed by atoms with Crippen molar-refractivity contribution >= 4 is 5.91 Å². The Labute approximate surface area is 131 Å². The lowest BCUT2D eigenvalue weighted by molar-refractivity contribution is -0.183. The zero-order valence-corrected chi connectivity index (χ0v) is 12.7. The van der Waals surface area contributed by atoms with Crippen LogP contribution in [0.15, 0.2) is 18.2 Å². The molecule has 1 fully saturated rings. The maximum atomic E-state index is 13.4. The van der Waals surface area contributed by atoms with Crippen LogP contribution in [0.2, 0.25) is 0 Å². The Balaban J connectivity index is 2.02. The first-order valence-electron chi connectivity index (χ1n) is 7.35. The van der Waals surface area contributed by atoms with Crippen LogP contribution >= 0.6 is 0 Å². The van der Waals surface area contributed by atoms with Gasteiger partial charge in [-0.3, -0.25) is 9.69 Å². The molecule has 2 rings (SSSR count). The van der Waals surface area contributed by atoms with Gasteiger partial charge < -0.3 is 10.6 Å². The van der Waals surface area contributed by atoms with E-state index in [4.69, 9.17) is 0 Å². The van der Waals surface area contributed by atoms with Crippen molar-refractivity contribution in [3.8, 4) is 0 Å². The van der Waals surface area contributed by atoms with Crippen LogP contribution in [-0.2, 0) is 0 Å². The highest BCUT2D eigenvalue weighted by molar-refractivity contribution is 5.94. The minimum absolute atomic E-state index is 0.00864. The number of alkyl halides is 3. The van der Waals surface area contributed by atoms with Gasteiger partial charge in [0.15, 0.2) is 0 Å². The smallest absolute Gasteiger partial charge is 0.350 e. The van der Waals surface area contributed by atoms with Crippen molar-refractivity contribution in [3.63, 3.8) is 0 Å². The molecule has 0 aliphatic carbocycles. The fourth-order valence-electron chi connectivity index (χ4n) is 2.47. The normalized spacial score (nSPS) is 17.8. The third-order valence-corrected chi connectivity index (χ3v) is 3.86. The summed E-state index contributed by atoms with van der Waals surface area (Å²) in [6.45, 7) is 2.46. The standard InChI is InChI=1S/C15H19F4N3O/c1-10-2-3-11(8-12(10)16)14(23)21-9-13(15(17,18)19)22-6-4-20-5-7-22/h2-3,8,13,20H,4-7,9H2,1H3,(H,21,23). The maximum Gasteiger partial charge on any atom is 0.405 e. The van der Waals surface area contributed by atoms with E-state index in [9.17, 15) is 22.4 Å². The molecule has 0 radical (unpaired) electrons. The van der Waals surface area contributed by atoms with Gasteiger partial charge in [-0.2, -0.15) is 13.2 Å². The number of nitrogens with zero attached hydrogens (tertiary/aromatic N) is 1. The molecule has 4 nitrogen and oxygen atoms in total. The first-order valence-corrected chi connectivity index (χ1v) is 7.35. The summed E-state index contributed by atoms with van der Waals surface area (Å²) < 4.78 is 53.0.